The zero-order valence-corrected chi connectivity index (χ0v) is 13.4. The van der Waals surface area contributed by atoms with Crippen molar-refractivity contribution < 1.29 is 4.39 Å². The second-order valence-corrected chi connectivity index (χ2v) is 6.30. The molecular formula is C14H13Cl2FN2S. The summed E-state index contributed by atoms with van der Waals surface area (Å²) in [5.74, 6) is 1.02. The van der Waals surface area contributed by atoms with E-state index in [2.05, 4.69) is 9.97 Å². The Morgan fingerprint density at radius 1 is 1.10 bits per heavy atom. The van der Waals surface area contributed by atoms with Crippen LogP contribution in [0.15, 0.2) is 29.2 Å². The number of nitrogens with zero attached hydrogens (tertiary/aromatic N) is 2. The third-order valence-electron chi connectivity index (χ3n) is 2.66. The molecule has 20 heavy (non-hydrogen) atoms. The monoisotopic (exact) mass is 330 g/mol. The summed E-state index contributed by atoms with van der Waals surface area (Å²) >= 11 is 13.8. The van der Waals surface area contributed by atoms with Gasteiger partial charge in [-0.05, 0) is 30.2 Å². The van der Waals surface area contributed by atoms with Crippen molar-refractivity contribution in [2.24, 2.45) is 0 Å². The average Bonchev–Trinajstić information content (AvgIpc) is 2.37. The molecule has 0 fully saturated rings. The summed E-state index contributed by atoms with van der Waals surface area (Å²) in [5, 5.41) is 0.796. The molecule has 2 rings (SSSR count). The molecule has 0 aliphatic rings. The van der Waals surface area contributed by atoms with Crippen LogP contribution in [0.1, 0.15) is 31.2 Å². The minimum absolute atomic E-state index is 0.175. The van der Waals surface area contributed by atoms with E-state index in [1.165, 1.54) is 23.9 Å². The van der Waals surface area contributed by atoms with Crippen LogP contribution in [0.2, 0.25) is 10.3 Å². The predicted octanol–water partition coefficient (Wildman–Crippen LogP) is 5.34. The van der Waals surface area contributed by atoms with E-state index in [-0.39, 0.29) is 11.7 Å². The molecule has 0 aliphatic carbocycles. The van der Waals surface area contributed by atoms with Crippen LogP contribution in [0.4, 0.5) is 4.39 Å². The van der Waals surface area contributed by atoms with Gasteiger partial charge in [0.1, 0.15) is 21.9 Å². The van der Waals surface area contributed by atoms with E-state index in [4.69, 9.17) is 23.2 Å². The number of hydrogen-bond acceptors (Lipinski definition) is 3. The Balaban J connectivity index is 2.12. The van der Waals surface area contributed by atoms with Gasteiger partial charge >= 0.3 is 0 Å². The van der Waals surface area contributed by atoms with Crippen molar-refractivity contribution in [3.8, 4) is 0 Å². The molecule has 0 N–H and O–H groups in total. The van der Waals surface area contributed by atoms with E-state index in [1.54, 1.807) is 12.1 Å². The van der Waals surface area contributed by atoms with Crippen molar-refractivity contribution in [2.45, 2.75) is 30.4 Å². The predicted molar refractivity (Wildman–Crippen MR) is 82.1 cm³/mol. The Morgan fingerprint density at radius 3 is 2.15 bits per heavy atom. The van der Waals surface area contributed by atoms with Gasteiger partial charge < -0.3 is 0 Å². The number of hydrogen-bond donors (Lipinski definition) is 0. The lowest BCUT2D eigenvalue weighted by atomic mass is 10.1. The first-order valence-electron chi connectivity index (χ1n) is 6.07. The molecular weight excluding hydrogens is 318 g/mol. The number of aromatic nitrogens is 2. The van der Waals surface area contributed by atoms with Crippen molar-refractivity contribution in [2.75, 3.05) is 0 Å². The summed E-state index contributed by atoms with van der Waals surface area (Å²) in [6, 6.07) is 6.27. The zero-order valence-electron chi connectivity index (χ0n) is 11.0. The zero-order chi connectivity index (χ0) is 14.7. The van der Waals surface area contributed by atoms with E-state index in [1.807, 2.05) is 13.8 Å². The molecule has 2 aromatic rings. The van der Waals surface area contributed by atoms with E-state index in [0.717, 1.165) is 10.5 Å². The second kappa shape index (κ2) is 6.74. The Kier molecular flexibility index (Phi) is 5.24. The number of thioether (sulfide) groups is 1. The van der Waals surface area contributed by atoms with Gasteiger partial charge in [0.25, 0.3) is 0 Å². The van der Waals surface area contributed by atoms with Crippen LogP contribution in [0.25, 0.3) is 0 Å². The van der Waals surface area contributed by atoms with Crippen LogP contribution < -0.4 is 0 Å². The van der Waals surface area contributed by atoms with Crippen LogP contribution in [0, 0.1) is 5.82 Å². The van der Waals surface area contributed by atoms with Crippen LogP contribution in [0.5, 0.6) is 0 Å². The quantitative estimate of drug-likeness (QED) is 0.559. The third-order valence-corrected chi connectivity index (χ3v) is 4.24. The van der Waals surface area contributed by atoms with Crippen LogP contribution in [-0.4, -0.2) is 9.97 Å². The molecule has 0 aliphatic heterocycles. The lowest BCUT2D eigenvalue weighted by Gasteiger charge is -2.10. The highest BCUT2D eigenvalue weighted by atomic mass is 35.5. The molecule has 0 unspecified atom stereocenters. The van der Waals surface area contributed by atoms with Crippen LogP contribution in [-0.2, 0) is 5.75 Å². The number of benzene rings is 1. The Bertz CT molecular complexity index is 580. The summed E-state index contributed by atoms with van der Waals surface area (Å²) in [5.41, 5.74) is 0.767. The Hall–Kier alpha value is -0.840. The summed E-state index contributed by atoms with van der Waals surface area (Å²) in [4.78, 5) is 9.47. The molecule has 106 valence electrons. The maximum Gasteiger partial charge on any atom is 0.142 e. The van der Waals surface area contributed by atoms with Gasteiger partial charge in [-0.1, -0.05) is 37.0 Å². The summed E-state index contributed by atoms with van der Waals surface area (Å²) in [6.07, 6.45) is 0. The molecule has 0 bridgehead atoms. The fourth-order valence-electron chi connectivity index (χ4n) is 1.68. The molecule has 0 radical (unpaired) electrons. The SMILES string of the molecule is CC(C)c1c(Cl)nc(CSc2ccc(F)cc2)nc1Cl. The van der Waals surface area contributed by atoms with E-state index < -0.39 is 0 Å². The van der Waals surface area contributed by atoms with Gasteiger partial charge in [-0.3, -0.25) is 0 Å². The van der Waals surface area contributed by atoms with Gasteiger partial charge in [0.05, 0.1) is 5.75 Å². The topological polar surface area (TPSA) is 25.8 Å². The second-order valence-electron chi connectivity index (χ2n) is 4.53. The standard InChI is InChI=1S/C14H13Cl2FN2S/c1-8(2)12-13(15)18-11(19-14(12)16)7-20-10-5-3-9(17)4-6-10/h3-6,8H,7H2,1-2H3. The molecule has 1 heterocycles. The molecule has 0 saturated carbocycles. The van der Waals surface area contributed by atoms with Gasteiger partial charge in [0, 0.05) is 10.5 Å². The maximum atomic E-state index is 12.8. The molecule has 0 spiro atoms. The van der Waals surface area contributed by atoms with Gasteiger partial charge in [0.15, 0.2) is 0 Å². The van der Waals surface area contributed by atoms with Crippen LogP contribution >= 0.6 is 35.0 Å². The highest BCUT2D eigenvalue weighted by molar-refractivity contribution is 7.98. The lowest BCUT2D eigenvalue weighted by Crippen LogP contribution is -2.01. The van der Waals surface area contributed by atoms with Gasteiger partial charge in [-0.2, -0.15) is 0 Å². The van der Waals surface area contributed by atoms with Crippen molar-refractivity contribution in [3.05, 3.63) is 51.8 Å². The highest BCUT2D eigenvalue weighted by Crippen LogP contribution is 2.30. The maximum absolute atomic E-state index is 12.8. The smallest absolute Gasteiger partial charge is 0.142 e. The number of halogens is 3. The lowest BCUT2D eigenvalue weighted by molar-refractivity contribution is 0.626. The molecule has 0 amide bonds. The fourth-order valence-corrected chi connectivity index (χ4v) is 3.29. The minimum Gasteiger partial charge on any atom is -0.220 e. The van der Waals surface area contributed by atoms with E-state index in [9.17, 15) is 4.39 Å². The first-order chi connectivity index (χ1) is 9.47. The van der Waals surface area contributed by atoms with Crippen molar-refractivity contribution in [1.29, 1.82) is 0 Å². The molecule has 1 aromatic heterocycles. The van der Waals surface area contributed by atoms with Gasteiger partial charge in [0.2, 0.25) is 0 Å². The largest absolute Gasteiger partial charge is 0.220 e. The average molecular weight is 331 g/mol. The number of rotatable bonds is 4. The van der Waals surface area contributed by atoms with Crippen molar-refractivity contribution in [3.63, 3.8) is 0 Å². The third kappa shape index (κ3) is 3.84. The Labute approximate surface area is 131 Å². The van der Waals surface area contributed by atoms with Crippen LogP contribution in [0.3, 0.4) is 0 Å². The first-order valence-corrected chi connectivity index (χ1v) is 7.81. The molecule has 0 saturated heterocycles. The normalized spacial score (nSPS) is 11.1. The first kappa shape index (κ1) is 15.5. The molecule has 1 aromatic carbocycles. The summed E-state index contributed by atoms with van der Waals surface area (Å²) < 4.78 is 12.8. The van der Waals surface area contributed by atoms with Crippen molar-refractivity contribution >= 4 is 35.0 Å². The molecule has 2 nitrogen and oxygen atoms in total. The van der Waals surface area contributed by atoms with E-state index in [0.29, 0.717) is 21.9 Å². The minimum atomic E-state index is -0.252. The van der Waals surface area contributed by atoms with Gasteiger partial charge in [-0.15, -0.1) is 11.8 Å². The van der Waals surface area contributed by atoms with Crippen molar-refractivity contribution in [1.82, 2.24) is 9.97 Å². The van der Waals surface area contributed by atoms with E-state index >= 15 is 0 Å². The Morgan fingerprint density at radius 2 is 1.65 bits per heavy atom. The molecule has 6 heteroatoms. The molecule has 0 atom stereocenters. The summed E-state index contributed by atoms with van der Waals surface area (Å²) in [7, 11) is 0. The highest BCUT2D eigenvalue weighted by Gasteiger charge is 2.14. The summed E-state index contributed by atoms with van der Waals surface area (Å²) in [6.45, 7) is 3.98. The fraction of sp³-hybridized carbons (Fsp3) is 0.286. The van der Waals surface area contributed by atoms with Gasteiger partial charge in [-0.25, -0.2) is 14.4 Å².